The highest BCUT2D eigenvalue weighted by Crippen LogP contribution is 2.35. The molecule has 3 rings (SSSR count). The zero-order valence-corrected chi connectivity index (χ0v) is 14.1. The van der Waals surface area contributed by atoms with Crippen LogP contribution in [0.3, 0.4) is 0 Å². The van der Waals surface area contributed by atoms with E-state index in [0.717, 1.165) is 12.1 Å². The number of alkyl halides is 3. The van der Waals surface area contributed by atoms with Gasteiger partial charge in [-0.1, -0.05) is 11.6 Å². The molecule has 0 fully saturated rings. The zero-order valence-electron chi connectivity index (χ0n) is 13.4. The van der Waals surface area contributed by atoms with Gasteiger partial charge in [-0.25, -0.2) is 4.68 Å². The summed E-state index contributed by atoms with van der Waals surface area (Å²) in [6, 6.07) is 4.92. The number of hydrogen-bond acceptors (Lipinski definition) is 4. The van der Waals surface area contributed by atoms with E-state index in [1.807, 2.05) is 0 Å². The third-order valence-corrected chi connectivity index (χ3v) is 4.01. The summed E-state index contributed by atoms with van der Waals surface area (Å²) in [5.41, 5.74) is 6.19. The van der Waals surface area contributed by atoms with Gasteiger partial charge >= 0.3 is 6.18 Å². The Bertz CT molecular complexity index is 998. The summed E-state index contributed by atoms with van der Waals surface area (Å²) in [4.78, 5) is 16.6. The van der Waals surface area contributed by atoms with Crippen molar-refractivity contribution in [3.63, 3.8) is 0 Å². The molecule has 26 heavy (non-hydrogen) atoms. The lowest BCUT2D eigenvalue weighted by Crippen LogP contribution is -2.08. The summed E-state index contributed by atoms with van der Waals surface area (Å²) in [5.74, 6) is -0.399. The van der Waals surface area contributed by atoms with E-state index in [9.17, 15) is 18.0 Å². The Kier molecular flexibility index (Phi) is 4.45. The highest BCUT2D eigenvalue weighted by molar-refractivity contribution is 6.31. The molecule has 3 aromatic rings. The second-order valence-electron chi connectivity index (χ2n) is 5.58. The van der Waals surface area contributed by atoms with Crippen molar-refractivity contribution in [1.82, 2.24) is 14.8 Å². The van der Waals surface area contributed by atoms with E-state index >= 15 is 0 Å². The molecule has 1 aromatic carbocycles. The van der Waals surface area contributed by atoms with Gasteiger partial charge in [0.1, 0.15) is 0 Å². The number of carbonyl (C=O) groups is 1. The fourth-order valence-electron chi connectivity index (χ4n) is 2.38. The maximum atomic E-state index is 13.0. The average molecular weight is 381 g/mol. The van der Waals surface area contributed by atoms with Crippen LogP contribution in [0.5, 0.6) is 0 Å². The van der Waals surface area contributed by atoms with Crippen LogP contribution in [-0.2, 0) is 6.18 Å². The number of rotatable bonds is 3. The van der Waals surface area contributed by atoms with Crippen molar-refractivity contribution in [3.05, 3.63) is 70.3 Å². The van der Waals surface area contributed by atoms with Gasteiger partial charge in [-0.2, -0.15) is 18.3 Å². The minimum absolute atomic E-state index is 0.125. The van der Waals surface area contributed by atoms with Crippen LogP contribution in [0.2, 0.25) is 5.02 Å². The third-order valence-electron chi connectivity index (χ3n) is 3.68. The smallest absolute Gasteiger partial charge is 0.397 e. The van der Waals surface area contributed by atoms with Gasteiger partial charge in [-0.05, 0) is 31.2 Å². The van der Waals surface area contributed by atoms with Gasteiger partial charge in [0.25, 0.3) is 0 Å². The molecule has 0 bridgehead atoms. The standard InChI is InChI=1S/C17H12ClF3N4O/c1-9-4-12(15(22)7-23-9)16(26)10-6-24-25(8-10)11-2-3-14(18)13(5-11)17(19,20)21/h2-8H,22H2,1H3. The molecule has 0 aliphatic carbocycles. The van der Waals surface area contributed by atoms with Crippen molar-refractivity contribution < 1.29 is 18.0 Å². The molecule has 0 aliphatic heterocycles. The first-order valence-corrected chi connectivity index (χ1v) is 7.73. The van der Waals surface area contributed by atoms with E-state index in [1.54, 1.807) is 13.0 Å². The number of pyridine rings is 1. The summed E-state index contributed by atoms with van der Waals surface area (Å²) in [7, 11) is 0. The second-order valence-corrected chi connectivity index (χ2v) is 5.98. The number of ketones is 1. The molecule has 0 spiro atoms. The van der Waals surface area contributed by atoms with Crippen molar-refractivity contribution in [2.75, 3.05) is 5.73 Å². The topological polar surface area (TPSA) is 73.8 Å². The Morgan fingerprint density at radius 3 is 2.65 bits per heavy atom. The molecule has 0 saturated heterocycles. The monoisotopic (exact) mass is 380 g/mol. The average Bonchev–Trinajstić information content (AvgIpc) is 3.06. The number of halogens is 4. The van der Waals surface area contributed by atoms with Crippen LogP contribution in [-0.4, -0.2) is 20.5 Å². The predicted molar refractivity (Wildman–Crippen MR) is 90.4 cm³/mol. The summed E-state index contributed by atoms with van der Waals surface area (Å²) in [6.45, 7) is 1.71. The molecule has 5 nitrogen and oxygen atoms in total. The van der Waals surface area contributed by atoms with Crippen LogP contribution in [0, 0.1) is 6.92 Å². The minimum atomic E-state index is -4.60. The number of nitrogen functional groups attached to an aromatic ring is 1. The lowest BCUT2D eigenvalue weighted by atomic mass is 10.1. The molecule has 2 N–H and O–H groups in total. The highest BCUT2D eigenvalue weighted by Gasteiger charge is 2.33. The zero-order chi connectivity index (χ0) is 19.1. The van der Waals surface area contributed by atoms with E-state index in [-0.39, 0.29) is 22.5 Å². The van der Waals surface area contributed by atoms with Crippen LogP contribution in [0.4, 0.5) is 18.9 Å². The van der Waals surface area contributed by atoms with Crippen LogP contribution >= 0.6 is 11.6 Å². The first kappa shape index (κ1) is 17.9. The summed E-state index contributed by atoms with van der Waals surface area (Å²) < 4.78 is 40.1. The van der Waals surface area contributed by atoms with Gasteiger partial charge in [-0.15, -0.1) is 0 Å². The van der Waals surface area contributed by atoms with E-state index < -0.39 is 22.5 Å². The number of nitrogens with two attached hydrogens (primary N) is 1. The van der Waals surface area contributed by atoms with Crippen LogP contribution < -0.4 is 5.73 Å². The van der Waals surface area contributed by atoms with Crippen molar-refractivity contribution in [2.45, 2.75) is 13.1 Å². The molecule has 134 valence electrons. The number of carbonyl (C=O) groups excluding carboxylic acids is 1. The lowest BCUT2D eigenvalue weighted by Gasteiger charge is -2.10. The lowest BCUT2D eigenvalue weighted by molar-refractivity contribution is -0.137. The molecule has 0 radical (unpaired) electrons. The Labute approximate surface area is 151 Å². The van der Waals surface area contributed by atoms with Crippen molar-refractivity contribution in [2.24, 2.45) is 0 Å². The molecule has 0 amide bonds. The van der Waals surface area contributed by atoms with Crippen molar-refractivity contribution in [1.29, 1.82) is 0 Å². The van der Waals surface area contributed by atoms with Crippen LogP contribution in [0.25, 0.3) is 5.69 Å². The molecule has 0 atom stereocenters. The largest absolute Gasteiger partial charge is 0.417 e. The maximum absolute atomic E-state index is 13.0. The van der Waals surface area contributed by atoms with Crippen molar-refractivity contribution >= 4 is 23.1 Å². The summed E-state index contributed by atoms with van der Waals surface area (Å²) >= 11 is 5.61. The van der Waals surface area contributed by atoms with Gasteiger partial charge in [0, 0.05) is 17.5 Å². The van der Waals surface area contributed by atoms with Crippen LogP contribution in [0.15, 0.2) is 42.9 Å². The van der Waals surface area contributed by atoms with E-state index in [1.165, 1.54) is 29.3 Å². The molecular weight excluding hydrogens is 369 g/mol. The number of benzene rings is 1. The second kappa shape index (κ2) is 6.45. The van der Waals surface area contributed by atoms with Gasteiger partial charge < -0.3 is 5.73 Å². The normalized spacial score (nSPS) is 11.6. The molecule has 0 aliphatic rings. The Morgan fingerprint density at radius 1 is 1.23 bits per heavy atom. The SMILES string of the molecule is Cc1cc(C(=O)c2cnn(-c3ccc(Cl)c(C(F)(F)F)c3)c2)c(N)cn1. The van der Waals surface area contributed by atoms with Crippen molar-refractivity contribution in [3.8, 4) is 5.69 Å². The molecule has 9 heteroatoms. The molecule has 2 aromatic heterocycles. The number of anilines is 1. The molecular formula is C17H12ClF3N4O. The van der Waals surface area contributed by atoms with Gasteiger partial charge in [-0.3, -0.25) is 9.78 Å². The highest BCUT2D eigenvalue weighted by atomic mass is 35.5. The predicted octanol–water partition coefficient (Wildman–Crippen LogP) is 4.06. The Hall–Kier alpha value is -2.87. The molecule has 2 heterocycles. The van der Waals surface area contributed by atoms with E-state index in [0.29, 0.717) is 5.69 Å². The van der Waals surface area contributed by atoms with E-state index in [2.05, 4.69) is 10.1 Å². The quantitative estimate of drug-likeness (QED) is 0.695. The van der Waals surface area contributed by atoms with Gasteiger partial charge in [0.2, 0.25) is 0 Å². The first-order chi connectivity index (χ1) is 12.2. The number of hydrogen-bond donors (Lipinski definition) is 1. The Morgan fingerprint density at radius 2 is 1.96 bits per heavy atom. The van der Waals surface area contributed by atoms with E-state index in [4.69, 9.17) is 17.3 Å². The van der Waals surface area contributed by atoms with Gasteiger partial charge in [0.15, 0.2) is 5.78 Å². The maximum Gasteiger partial charge on any atom is 0.417 e. The number of aryl methyl sites for hydroxylation is 1. The third kappa shape index (κ3) is 3.41. The summed E-state index contributed by atoms with van der Waals surface area (Å²) in [5, 5.41) is 3.55. The number of aromatic nitrogens is 3. The number of nitrogens with zero attached hydrogens (tertiary/aromatic N) is 3. The summed E-state index contributed by atoms with van der Waals surface area (Å²) in [6.07, 6.45) is -0.621. The fraction of sp³-hybridized carbons (Fsp3) is 0.118. The fourth-order valence-corrected chi connectivity index (χ4v) is 2.60. The first-order valence-electron chi connectivity index (χ1n) is 7.35. The van der Waals surface area contributed by atoms with Gasteiger partial charge in [0.05, 0.1) is 39.9 Å². The molecule has 0 unspecified atom stereocenters. The minimum Gasteiger partial charge on any atom is -0.397 e. The molecule has 0 saturated carbocycles. The van der Waals surface area contributed by atoms with Crippen LogP contribution in [0.1, 0.15) is 27.2 Å². The Balaban J connectivity index is 1.98.